The van der Waals surface area contributed by atoms with Gasteiger partial charge in [0.1, 0.15) is 5.76 Å². The van der Waals surface area contributed by atoms with Gasteiger partial charge in [-0.3, -0.25) is 9.69 Å². The molecule has 1 N–H and O–H groups in total. The largest absolute Gasteiger partial charge is 0.361 e. The van der Waals surface area contributed by atoms with Crippen molar-refractivity contribution < 1.29 is 9.32 Å². The lowest BCUT2D eigenvalue weighted by atomic mass is 10.1. The number of nitrogens with one attached hydrogen (secondary N) is 1. The van der Waals surface area contributed by atoms with Crippen LogP contribution in [0.15, 0.2) is 10.6 Å². The summed E-state index contributed by atoms with van der Waals surface area (Å²) < 4.78 is 5.07. The Morgan fingerprint density at radius 2 is 2.32 bits per heavy atom. The monoisotopic (exact) mass is 263 g/mol. The minimum absolute atomic E-state index is 0.113. The highest BCUT2D eigenvalue weighted by molar-refractivity contribution is 5.92. The van der Waals surface area contributed by atoms with E-state index in [1.807, 2.05) is 6.92 Å². The molecule has 2 fully saturated rings. The van der Waals surface area contributed by atoms with Crippen molar-refractivity contribution in [2.75, 3.05) is 13.1 Å². The first-order valence-corrected chi connectivity index (χ1v) is 7.18. The van der Waals surface area contributed by atoms with E-state index >= 15 is 0 Å². The summed E-state index contributed by atoms with van der Waals surface area (Å²) in [6.07, 6.45) is 3.39. The number of aryl methyl sites for hydroxylation is 1. The van der Waals surface area contributed by atoms with Crippen LogP contribution in [0.25, 0.3) is 0 Å². The van der Waals surface area contributed by atoms with Gasteiger partial charge in [0, 0.05) is 37.7 Å². The van der Waals surface area contributed by atoms with Crippen molar-refractivity contribution in [1.82, 2.24) is 15.4 Å². The number of aromatic nitrogens is 1. The second-order valence-corrected chi connectivity index (χ2v) is 5.77. The third kappa shape index (κ3) is 2.66. The third-order valence-electron chi connectivity index (χ3n) is 4.16. The van der Waals surface area contributed by atoms with Crippen LogP contribution < -0.4 is 5.32 Å². The Labute approximate surface area is 113 Å². The Kier molecular flexibility index (Phi) is 3.31. The van der Waals surface area contributed by atoms with Crippen molar-refractivity contribution in [3.05, 3.63) is 17.5 Å². The number of rotatable bonds is 4. The SMILES string of the molecule is CCc1cc(C(=O)N[C@H]2CN(C3CC3)C[C@@H]2C)no1. The molecular formula is C14H21N3O2. The summed E-state index contributed by atoms with van der Waals surface area (Å²) in [6, 6.07) is 2.73. The molecule has 0 radical (unpaired) electrons. The highest BCUT2D eigenvalue weighted by atomic mass is 16.5. The van der Waals surface area contributed by atoms with Crippen molar-refractivity contribution in [3.63, 3.8) is 0 Å². The van der Waals surface area contributed by atoms with E-state index in [9.17, 15) is 4.79 Å². The lowest BCUT2D eigenvalue weighted by Gasteiger charge is -2.16. The predicted molar refractivity (Wildman–Crippen MR) is 70.9 cm³/mol. The zero-order valence-electron chi connectivity index (χ0n) is 11.6. The highest BCUT2D eigenvalue weighted by Gasteiger charge is 2.38. The lowest BCUT2D eigenvalue weighted by Crippen LogP contribution is -2.40. The molecule has 0 bridgehead atoms. The molecule has 104 valence electrons. The molecule has 5 nitrogen and oxygen atoms in total. The maximum absolute atomic E-state index is 12.1. The Morgan fingerprint density at radius 3 is 2.95 bits per heavy atom. The summed E-state index contributed by atoms with van der Waals surface area (Å²) in [5, 5.41) is 6.91. The summed E-state index contributed by atoms with van der Waals surface area (Å²) in [6.45, 7) is 6.24. The molecule has 0 unspecified atom stereocenters. The van der Waals surface area contributed by atoms with Crippen LogP contribution in [0.1, 0.15) is 42.9 Å². The maximum Gasteiger partial charge on any atom is 0.273 e. The fourth-order valence-corrected chi connectivity index (χ4v) is 2.76. The van der Waals surface area contributed by atoms with Crippen LogP contribution in [0.5, 0.6) is 0 Å². The Hall–Kier alpha value is -1.36. The lowest BCUT2D eigenvalue weighted by molar-refractivity contribution is 0.0922. The number of carbonyl (C=O) groups excluding carboxylic acids is 1. The molecule has 3 rings (SSSR count). The molecule has 0 spiro atoms. The van der Waals surface area contributed by atoms with Crippen LogP contribution >= 0.6 is 0 Å². The molecule has 1 aromatic rings. The smallest absolute Gasteiger partial charge is 0.273 e. The van der Waals surface area contributed by atoms with Gasteiger partial charge in [0.05, 0.1) is 0 Å². The van der Waals surface area contributed by atoms with Gasteiger partial charge in [0.2, 0.25) is 0 Å². The summed E-state index contributed by atoms with van der Waals surface area (Å²) in [5.74, 6) is 1.14. The van der Waals surface area contributed by atoms with Gasteiger partial charge in [0.25, 0.3) is 5.91 Å². The molecule has 1 aliphatic carbocycles. The normalized spacial score (nSPS) is 27.7. The average Bonchev–Trinajstić information content (AvgIpc) is 3.02. The Balaban J connectivity index is 1.59. The van der Waals surface area contributed by atoms with Gasteiger partial charge in [-0.05, 0) is 18.8 Å². The van der Waals surface area contributed by atoms with Crippen molar-refractivity contribution in [2.24, 2.45) is 5.92 Å². The topological polar surface area (TPSA) is 58.4 Å². The van der Waals surface area contributed by atoms with Crippen LogP contribution in [0.3, 0.4) is 0 Å². The van der Waals surface area contributed by atoms with Crippen LogP contribution in [-0.2, 0) is 6.42 Å². The van der Waals surface area contributed by atoms with Gasteiger partial charge in [-0.25, -0.2) is 0 Å². The summed E-state index contributed by atoms with van der Waals surface area (Å²) in [5.41, 5.74) is 0.397. The highest BCUT2D eigenvalue weighted by Crippen LogP contribution is 2.31. The van der Waals surface area contributed by atoms with E-state index in [2.05, 4.69) is 22.3 Å². The van der Waals surface area contributed by atoms with Gasteiger partial charge in [-0.1, -0.05) is 19.0 Å². The number of amides is 1. The molecule has 1 amide bonds. The van der Waals surface area contributed by atoms with Crippen LogP contribution in [-0.4, -0.2) is 41.1 Å². The van der Waals surface area contributed by atoms with E-state index in [4.69, 9.17) is 4.52 Å². The van der Waals surface area contributed by atoms with E-state index < -0.39 is 0 Å². The minimum Gasteiger partial charge on any atom is -0.361 e. The maximum atomic E-state index is 12.1. The van der Waals surface area contributed by atoms with Gasteiger partial charge in [-0.15, -0.1) is 0 Å². The van der Waals surface area contributed by atoms with Crippen molar-refractivity contribution in [3.8, 4) is 0 Å². The first-order chi connectivity index (χ1) is 9.17. The second-order valence-electron chi connectivity index (χ2n) is 5.77. The molecule has 2 aliphatic rings. The molecular weight excluding hydrogens is 242 g/mol. The molecule has 5 heteroatoms. The van der Waals surface area contributed by atoms with Crippen LogP contribution in [0.4, 0.5) is 0 Å². The van der Waals surface area contributed by atoms with Gasteiger partial charge in [0.15, 0.2) is 5.69 Å². The number of hydrogen-bond acceptors (Lipinski definition) is 4. The molecule has 1 aromatic heterocycles. The summed E-state index contributed by atoms with van der Waals surface area (Å²) >= 11 is 0. The zero-order valence-corrected chi connectivity index (χ0v) is 11.6. The molecule has 1 aliphatic heterocycles. The van der Waals surface area contributed by atoms with E-state index in [-0.39, 0.29) is 11.9 Å². The summed E-state index contributed by atoms with van der Waals surface area (Å²) in [4.78, 5) is 14.6. The number of nitrogens with zero attached hydrogens (tertiary/aromatic N) is 2. The van der Waals surface area contributed by atoms with E-state index in [0.717, 1.165) is 31.3 Å². The van der Waals surface area contributed by atoms with E-state index in [0.29, 0.717) is 11.6 Å². The first kappa shape index (κ1) is 12.7. The van der Waals surface area contributed by atoms with Crippen molar-refractivity contribution in [2.45, 2.75) is 45.2 Å². The minimum atomic E-state index is -0.113. The number of hydrogen-bond donors (Lipinski definition) is 1. The molecule has 1 saturated carbocycles. The van der Waals surface area contributed by atoms with Gasteiger partial charge >= 0.3 is 0 Å². The molecule has 2 atom stereocenters. The fraction of sp³-hybridized carbons (Fsp3) is 0.714. The van der Waals surface area contributed by atoms with Crippen molar-refractivity contribution in [1.29, 1.82) is 0 Å². The average molecular weight is 263 g/mol. The Bertz CT molecular complexity index is 467. The Morgan fingerprint density at radius 1 is 1.53 bits per heavy atom. The van der Waals surface area contributed by atoms with Gasteiger partial charge < -0.3 is 9.84 Å². The first-order valence-electron chi connectivity index (χ1n) is 7.18. The summed E-state index contributed by atoms with van der Waals surface area (Å²) in [7, 11) is 0. The van der Waals surface area contributed by atoms with Gasteiger partial charge in [-0.2, -0.15) is 0 Å². The standard InChI is InChI=1S/C14H21N3O2/c1-3-11-6-12(16-19-11)14(18)15-13-8-17(7-9(13)2)10-4-5-10/h6,9-10,13H,3-5,7-8H2,1-2H3,(H,15,18)/t9-,13-/m0/s1. The van der Waals surface area contributed by atoms with Crippen LogP contribution in [0.2, 0.25) is 0 Å². The third-order valence-corrected chi connectivity index (χ3v) is 4.16. The van der Waals surface area contributed by atoms with E-state index in [1.54, 1.807) is 6.07 Å². The predicted octanol–water partition coefficient (Wildman–Crippen LogP) is 1.45. The zero-order chi connectivity index (χ0) is 13.4. The number of likely N-dealkylation sites (tertiary alicyclic amines) is 1. The molecule has 1 saturated heterocycles. The van der Waals surface area contributed by atoms with E-state index in [1.165, 1.54) is 12.8 Å². The fourth-order valence-electron chi connectivity index (χ4n) is 2.76. The van der Waals surface area contributed by atoms with Crippen LogP contribution in [0, 0.1) is 5.92 Å². The van der Waals surface area contributed by atoms with Crippen molar-refractivity contribution >= 4 is 5.91 Å². The molecule has 19 heavy (non-hydrogen) atoms. The second kappa shape index (κ2) is 4.96. The quantitative estimate of drug-likeness (QED) is 0.893. The number of carbonyl (C=O) groups is 1. The molecule has 2 heterocycles. The molecule has 0 aromatic carbocycles.